The van der Waals surface area contributed by atoms with Crippen LogP contribution in [-0.2, 0) is 4.79 Å². The summed E-state index contributed by atoms with van der Waals surface area (Å²) in [5, 5.41) is 10.5. The number of aromatic nitrogens is 2. The Hall–Kier alpha value is -2.15. The van der Waals surface area contributed by atoms with Crippen LogP contribution in [0.3, 0.4) is 0 Å². The molecule has 7 heteroatoms. The molecule has 2 atom stereocenters. The molecule has 6 nitrogen and oxygen atoms in total. The summed E-state index contributed by atoms with van der Waals surface area (Å²) < 4.78 is 1.89. The molecule has 2 aromatic rings. The van der Waals surface area contributed by atoms with Crippen molar-refractivity contribution in [3.8, 4) is 0 Å². The number of carbonyl (C=O) groups is 2. The normalized spacial score (nSPS) is 20.9. The first-order valence-electron chi connectivity index (χ1n) is 8.16. The highest BCUT2D eigenvalue weighted by atomic mass is 32.1. The van der Waals surface area contributed by atoms with Crippen LogP contribution < -0.4 is 10.6 Å². The largest absolute Gasteiger partial charge is 0.346 e. The Kier molecular flexibility index (Phi) is 4.71. The van der Waals surface area contributed by atoms with Crippen molar-refractivity contribution in [3.63, 3.8) is 0 Å². The highest BCUT2D eigenvalue weighted by Gasteiger charge is 2.33. The fourth-order valence-electron chi connectivity index (χ4n) is 3.03. The third-order valence-corrected chi connectivity index (χ3v) is 5.19. The van der Waals surface area contributed by atoms with Crippen LogP contribution in [-0.4, -0.2) is 27.6 Å². The third kappa shape index (κ3) is 3.36. The molecule has 2 amide bonds. The van der Waals surface area contributed by atoms with Crippen molar-refractivity contribution in [2.75, 3.05) is 0 Å². The van der Waals surface area contributed by atoms with Gasteiger partial charge in [-0.15, -0.1) is 11.3 Å². The Labute approximate surface area is 145 Å². The lowest BCUT2D eigenvalue weighted by Gasteiger charge is -2.33. The van der Waals surface area contributed by atoms with E-state index in [2.05, 4.69) is 15.7 Å². The third-order valence-electron chi connectivity index (χ3n) is 4.19. The molecule has 0 saturated carbocycles. The highest BCUT2D eigenvalue weighted by Crippen LogP contribution is 2.26. The summed E-state index contributed by atoms with van der Waals surface area (Å²) in [7, 11) is 0. The summed E-state index contributed by atoms with van der Waals surface area (Å²) in [5.74, 6) is -0.0798. The Morgan fingerprint density at radius 1 is 1.42 bits per heavy atom. The maximum atomic E-state index is 12.5. The van der Waals surface area contributed by atoms with E-state index in [4.69, 9.17) is 0 Å². The molecular formula is C17H22N4O2S. The zero-order chi connectivity index (χ0) is 17.3. The van der Waals surface area contributed by atoms with Crippen molar-refractivity contribution in [1.82, 2.24) is 20.4 Å². The molecule has 128 valence electrons. The van der Waals surface area contributed by atoms with E-state index in [1.54, 1.807) is 6.20 Å². The molecule has 0 radical (unpaired) electrons. The van der Waals surface area contributed by atoms with Gasteiger partial charge < -0.3 is 10.6 Å². The molecule has 2 aromatic heterocycles. The second kappa shape index (κ2) is 6.76. The second-order valence-electron chi connectivity index (χ2n) is 6.37. The summed E-state index contributed by atoms with van der Waals surface area (Å²) in [4.78, 5) is 26.2. The zero-order valence-electron chi connectivity index (χ0n) is 14.1. The van der Waals surface area contributed by atoms with E-state index < -0.39 is 0 Å². The first-order valence-corrected chi connectivity index (χ1v) is 8.97. The minimum Gasteiger partial charge on any atom is -0.346 e. The Bertz CT molecular complexity index is 749. The van der Waals surface area contributed by atoms with Crippen LogP contribution in [0.25, 0.3) is 0 Å². The van der Waals surface area contributed by atoms with Crippen LogP contribution in [0.1, 0.15) is 59.0 Å². The second-order valence-corrected chi connectivity index (χ2v) is 7.66. The summed E-state index contributed by atoms with van der Waals surface area (Å²) in [5.41, 5.74) is 0.922. The Morgan fingerprint density at radius 2 is 2.21 bits per heavy atom. The van der Waals surface area contributed by atoms with Crippen molar-refractivity contribution >= 4 is 23.2 Å². The molecule has 0 bridgehead atoms. The quantitative estimate of drug-likeness (QED) is 0.893. The molecule has 1 fully saturated rings. The van der Waals surface area contributed by atoms with Gasteiger partial charge in [-0.25, -0.2) is 0 Å². The molecular weight excluding hydrogens is 324 g/mol. The van der Waals surface area contributed by atoms with Gasteiger partial charge in [0.25, 0.3) is 5.91 Å². The zero-order valence-corrected chi connectivity index (χ0v) is 14.9. The predicted molar refractivity (Wildman–Crippen MR) is 93.0 cm³/mol. The summed E-state index contributed by atoms with van der Waals surface area (Å²) in [6.07, 6.45) is 2.77. The fourth-order valence-corrected chi connectivity index (χ4v) is 3.80. The van der Waals surface area contributed by atoms with E-state index in [1.807, 2.05) is 43.7 Å². The van der Waals surface area contributed by atoms with Gasteiger partial charge in [-0.2, -0.15) is 5.10 Å². The molecule has 24 heavy (non-hydrogen) atoms. The van der Waals surface area contributed by atoms with Crippen molar-refractivity contribution in [2.24, 2.45) is 0 Å². The first kappa shape index (κ1) is 16.7. The molecule has 0 aromatic carbocycles. The molecule has 3 rings (SSSR count). The molecule has 1 aliphatic rings. The number of aryl methyl sites for hydroxylation is 1. The summed E-state index contributed by atoms with van der Waals surface area (Å²) >= 11 is 1.47. The lowest BCUT2D eigenvalue weighted by molar-refractivity contribution is -0.124. The number of carbonyl (C=O) groups excluding carboxylic acids is 2. The molecule has 3 heterocycles. The number of nitrogens with zero attached hydrogens (tertiary/aromatic N) is 2. The summed E-state index contributed by atoms with van der Waals surface area (Å²) in [6, 6.07) is 5.46. The topological polar surface area (TPSA) is 76.0 Å². The van der Waals surface area contributed by atoms with Crippen LogP contribution in [0, 0.1) is 6.92 Å². The van der Waals surface area contributed by atoms with Crippen molar-refractivity contribution in [2.45, 2.75) is 51.7 Å². The average Bonchev–Trinajstić information content (AvgIpc) is 3.17. The number of rotatable bonds is 4. The van der Waals surface area contributed by atoms with Gasteiger partial charge in [0.05, 0.1) is 22.7 Å². The number of piperidine rings is 1. The van der Waals surface area contributed by atoms with Crippen LogP contribution in [0.15, 0.2) is 24.4 Å². The van der Waals surface area contributed by atoms with Gasteiger partial charge in [-0.3, -0.25) is 14.3 Å². The molecule has 0 aliphatic carbocycles. The fraction of sp³-hybridized carbons (Fsp3) is 0.471. The monoisotopic (exact) mass is 346 g/mol. The molecule has 0 spiro atoms. The van der Waals surface area contributed by atoms with Crippen molar-refractivity contribution in [3.05, 3.63) is 39.8 Å². The molecule has 1 aliphatic heterocycles. The number of hydrogen-bond donors (Lipinski definition) is 2. The van der Waals surface area contributed by atoms with Gasteiger partial charge in [0.15, 0.2) is 0 Å². The van der Waals surface area contributed by atoms with Crippen LogP contribution in [0.5, 0.6) is 0 Å². The van der Waals surface area contributed by atoms with E-state index in [9.17, 15) is 9.59 Å². The van der Waals surface area contributed by atoms with Crippen molar-refractivity contribution < 1.29 is 9.59 Å². The standard InChI is InChI=1S/C17H22N4O2S/c1-10(2)21-13(8-9-18-21)16-12(5-7-15(22)20-16)19-17(23)14-6-4-11(3)24-14/h4,6,8-10,12,16H,5,7H2,1-3H3,(H,19,23)(H,20,22)/t12-,16-/m1/s1. The van der Waals surface area contributed by atoms with Crippen LogP contribution in [0.4, 0.5) is 0 Å². The van der Waals surface area contributed by atoms with E-state index in [1.165, 1.54) is 11.3 Å². The lowest BCUT2D eigenvalue weighted by Crippen LogP contribution is -2.50. The van der Waals surface area contributed by atoms with E-state index in [-0.39, 0.29) is 29.9 Å². The lowest BCUT2D eigenvalue weighted by atomic mass is 9.95. The molecule has 1 saturated heterocycles. The number of amides is 2. The van der Waals surface area contributed by atoms with Crippen molar-refractivity contribution in [1.29, 1.82) is 0 Å². The van der Waals surface area contributed by atoms with E-state index >= 15 is 0 Å². The van der Waals surface area contributed by atoms with Gasteiger partial charge >= 0.3 is 0 Å². The number of hydrogen-bond acceptors (Lipinski definition) is 4. The SMILES string of the molecule is Cc1ccc(C(=O)N[C@@H]2CCC(=O)N[C@H]2c2ccnn2C(C)C)s1. The smallest absolute Gasteiger partial charge is 0.261 e. The van der Waals surface area contributed by atoms with Gasteiger partial charge in [0.1, 0.15) is 0 Å². The maximum absolute atomic E-state index is 12.5. The minimum absolute atomic E-state index is 0.00831. The molecule has 0 unspecified atom stereocenters. The van der Waals surface area contributed by atoms with Crippen LogP contribution >= 0.6 is 11.3 Å². The number of thiophene rings is 1. The van der Waals surface area contributed by atoms with Gasteiger partial charge in [-0.1, -0.05) is 0 Å². The predicted octanol–water partition coefficient (Wildman–Crippen LogP) is 2.58. The van der Waals surface area contributed by atoms with Crippen LogP contribution in [0.2, 0.25) is 0 Å². The molecule has 2 N–H and O–H groups in total. The number of nitrogens with one attached hydrogen (secondary N) is 2. The minimum atomic E-state index is -0.263. The maximum Gasteiger partial charge on any atom is 0.261 e. The van der Waals surface area contributed by atoms with E-state index in [0.29, 0.717) is 17.7 Å². The Balaban J connectivity index is 1.83. The van der Waals surface area contributed by atoms with E-state index in [0.717, 1.165) is 10.6 Å². The first-order chi connectivity index (χ1) is 11.5. The average molecular weight is 346 g/mol. The van der Waals surface area contributed by atoms with Gasteiger partial charge in [0, 0.05) is 23.5 Å². The highest BCUT2D eigenvalue weighted by molar-refractivity contribution is 7.13. The summed E-state index contributed by atoms with van der Waals surface area (Å²) in [6.45, 7) is 6.07. The van der Waals surface area contributed by atoms with Gasteiger partial charge in [-0.05, 0) is 45.4 Å². The Morgan fingerprint density at radius 3 is 2.88 bits per heavy atom. The van der Waals surface area contributed by atoms with Gasteiger partial charge in [0.2, 0.25) is 5.91 Å².